The first-order chi connectivity index (χ1) is 5.80. The van der Waals surface area contributed by atoms with Crippen molar-refractivity contribution in [1.29, 1.82) is 0 Å². The van der Waals surface area contributed by atoms with E-state index in [-0.39, 0.29) is 0 Å². The molecule has 0 amide bonds. The minimum absolute atomic E-state index is 0.932. The van der Waals surface area contributed by atoms with Crippen molar-refractivity contribution in [3.63, 3.8) is 0 Å². The third-order valence-electron chi connectivity index (χ3n) is 2.60. The van der Waals surface area contributed by atoms with Gasteiger partial charge in [-0.15, -0.1) is 0 Å². The summed E-state index contributed by atoms with van der Waals surface area (Å²) in [5.41, 5.74) is 0. The maximum absolute atomic E-state index is 2.65. The van der Waals surface area contributed by atoms with Gasteiger partial charge < -0.3 is 0 Å². The van der Waals surface area contributed by atoms with Crippen molar-refractivity contribution in [1.82, 2.24) is 0 Å². The van der Waals surface area contributed by atoms with Gasteiger partial charge in [0.05, 0.1) is 0 Å². The van der Waals surface area contributed by atoms with E-state index in [9.17, 15) is 0 Å². The fraction of sp³-hybridized carbons (Fsp3) is 1.00. The molecule has 2 unspecified atom stereocenters. The third-order valence-corrected chi connectivity index (χ3v) is 6.96. The number of halogens is 2. The zero-order valence-electron chi connectivity index (χ0n) is 7.57. The van der Waals surface area contributed by atoms with Crippen molar-refractivity contribution < 1.29 is 0 Å². The van der Waals surface area contributed by atoms with Gasteiger partial charge in [-0.05, 0) is 12.8 Å². The number of hydrogen-bond donors (Lipinski definition) is 0. The van der Waals surface area contributed by atoms with E-state index in [1.807, 2.05) is 0 Å². The molecule has 1 aliphatic carbocycles. The molecular formula is C10H18I2. The van der Waals surface area contributed by atoms with Crippen molar-refractivity contribution in [2.24, 2.45) is 0 Å². The van der Waals surface area contributed by atoms with Gasteiger partial charge in [0.25, 0.3) is 0 Å². The van der Waals surface area contributed by atoms with Gasteiger partial charge in [-0.25, -0.2) is 0 Å². The second-order valence-electron chi connectivity index (χ2n) is 3.73. The Balaban J connectivity index is 2.26. The zero-order chi connectivity index (χ0) is 8.81. The van der Waals surface area contributed by atoms with Gasteiger partial charge in [0.2, 0.25) is 0 Å². The summed E-state index contributed by atoms with van der Waals surface area (Å²) in [6.07, 6.45) is 11.7. The van der Waals surface area contributed by atoms with Crippen LogP contribution in [0.1, 0.15) is 51.4 Å². The van der Waals surface area contributed by atoms with Crippen LogP contribution in [0.5, 0.6) is 0 Å². The normalized spacial score (nSPS) is 34.5. The molecule has 0 bridgehead atoms. The summed E-state index contributed by atoms with van der Waals surface area (Å²) in [5, 5.41) is 0. The fourth-order valence-corrected chi connectivity index (χ4v) is 3.35. The SMILES string of the molecule is IC1CCCCCCCCC1I. The summed E-state index contributed by atoms with van der Waals surface area (Å²) in [7, 11) is 0. The third kappa shape index (κ3) is 4.63. The van der Waals surface area contributed by atoms with E-state index in [1.165, 1.54) is 51.4 Å². The minimum Gasteiger partial charge on any atom is -0.0815 e. The summed E-state index contributed by atoms with van der Waals surface area (Å²) in [5.74, 6) is 0. The molecule has 0 saturated heterocycles. The molecule has 2 heteroatoms. The Kier molecular flexibility index (Phi) is 6.58. The minimum atomic E-state index is 0.932. The summed E-state index contributed by atoms with van der Waals surface area (Å²) in [4.78, 5) is 0. The van der Waals surface area contributed by atoms with E-state index < -0.39 is 0 Å². The van der Waals surface area contributed by atoms with Gasteiger partial charge in [-0.3, -0.25) is 0 Å². The first kappa shape index (κ1) is 11.5. The molecule has 0 aromatic carbocycles. The average molecular weight is 392 g/mol. The molecule has 2 atom stereocenters. The molecule has 12 heavy (non-hydrogen) atoms. The van der Waals surface area contributed by atoms with Crippen LogP contribution in [-0.4, -0.2) is 7.85 Å². The predicted octanol–water partition coefficient (Wildman–Crippen LogP) is 4.73. The maximum atomic E-state index is 2.65. The van der Waals surface area contributed by atoms with Crippen LogP contribution >= 0.6 is 45.2 Å². The molecular weight excluding hydrogens is 374 g/mol. The molecule has 1 saturated carbocycles. The topological polar surface area (TPSA) is 0 Å². The Bertz CT molecular complexity index is 100. The second kappa shape index (κ2) is 6.85. The Labute approximate surface area is 104 Å². The van der Waals surface area contributed by atoms with E-state index in [1.54, 1.807) is 0 Å². The van der Waals surface area contributed by atoms with Crippen LogP contribution in [0.15, 0.2) is 0 Å². The zero-order valence-corrected chi connectivity index (χ0v) is 11.9. The first-order valence-electron chi connectivity index (χ1n) is 5.09. The van der Waals surface area contributed by atoms with E-state index in [2.05, 4.69) is 45.2 Å². The lowest BCUT2D eigenvalue weighted by Gasteiger charge is -2.18. The van der Waals surface area contributed by atoms with E-state index in [0.29, 0.717) is 0 Å². The van der Waals surface area contributed by atoms with Crippen LogP contribution in [0.4, 0.5) is 0 Å². The molecule has 0 aliphatic heterocycles. The van der Waals surface area contributed by atoms with Gasteiger partial charge in [0.15, 0.2) is 0 Å². The molecule has 0 radical (unpaired) electrons. The summed E-state index contributed by atoms with van der Waals surface area (Å²) in [6.45, 7) is 0. The molecule has 1 aliphatic rings. The summed E-state index contributed by atoms with van der Waals surface area (Å²) >= 11 is 5.29. The van der Waals surface area contributed by atoms with E-state index in [4.69, 9.17) is 0 Å². The van der Waals surface area contributed by atoms with Crippen molar-refractivity contribution >= 4 is 45.2 Å². The lowest BCUT2D eigenvalue weighted by atomic mass is 10.0. The van der Waals surface area contributed by atoms with Crippen LogP contribution in [0.3, 0.4) is 0 Å². The molecule has 0 N–H and O–H groups in total. The van der Waals surface area contributed by atoms with Gasteiger partial charge >= 0.3 is 0 Å². The standard InChI is InChI=1S/C10H18I2/c11-9-7-5-3-1-2-4-6-8-10(9)12/h9-10H,1-8H2. The Morgan fingerprint density at radius 3 is 1.33 bits per heavy atom. The number of hydrogen-bond acceptors (Lipinski definition) is 0. The Hall–Kier alpha value is 1.46. The predicted molar refractivity (Wildman–Crippen MR) is 72.6 cm³/mol. The van der Waals surface area contributed by atoms with Crippen LogP contribution < -0.4 is 0 Å². The molecule has 72 valence electrons. The maximum Gasteiger partial charge on any atom is 0.0227 e. The highest BCUT2D eigenvalue weighted by atomic mass is 127. The molecule has 1 fully saturated rings. The lowest BCUT2D eigenvalue weighted by Crippen LogP contribution is -2.14. The summed E-state index contributed by atoms with van der Waals surface area (Å²) < 4.78 is 1.86. The fourth-order valence-electron chi connectivity index (χ4n) is 1.75. The lowest BCUT2D eigenvalue weighted by molar-refractivity contribution is 0.530. The molecule has 1 rings (SSSR count). The van der Waals surface area contributed by atoms with Crippen LogP contribution in [0, 0.1) is 0 Å². The van der Waals surface area contributed by atoms with Crippen molar-refractivity contribution in [2.45, 2.75) is 59.2 Å². The van der Waals surface area contributed by atoms with Crippen LogP contribution in [0.2, 0.25) is 0 Å². The average Bonchev–Trinajstić information content (AvgIpc) is 2.08. The molecule has 0 heterocycles. The second-order valence-corrected chi connectivity index (χ2v) is 6.93. The van der Waals surface area contributed by atoms with E-state index in [0.717, 1.165) is 7.85 Å². The molecule has 0 nitrogen and oxygen atoms in total. The van der Waals surface area contributed by atoms with Crippen LogP contribution in [-0.2, 0) is 0 Å². The highest BCUT2D eigenvalue weighted by molar-refractivity contribution is 14.1. The van der Waals surface area contributed by atoms with Crippen LogP contribution in [0.25, 0.3) is 0 Å². The molecule has 0 aromatic rings. The van der Waals surface area contributed by atoms with Gasteiger partial charge in [-0.1, -0.05) is 83.7 Å². The van der Waals surface area contributed by atoms with Gasteiger partial charge in [-0.2, -0.15) is 0 Å². The first-order valence-corrected chi connectivity index (χ1v) is 7.58. The van der Waals surface area contributed by atoms with E-state index >= 15 is 0 Å². The van der Waals surface area contributed by atoms with Crippen molar-refractivity contribution in [3.8, 4) is 0 Å². The Morgan fingerprint density at radius 1 is 0.583 bits per heavy atom. The number of rotatable bonds is 0. The summed E-state index contributed by atoms with van der Waals surface area (Å²) in [6, 6.07) is 0. The Morgan fingerprint density at radius 2 is 0.917 bits per heavy atom. The van der Waals surface area contributed by atoms with Crippen molar-refractivity contribution in [3.05, 3.63) is 0 Å². The van der Waals surface area contributed by atoms with Gasteiger partial charge in [0, 0.05) is 7.85 Å². The van der Waals surface area contributed by atoms with Crippen molar-refractivity contribution in [2.75, 3.05) is 0 Å². The van der Waals surface area contributed by atoms with Gasteiger partial charge in [0.1, 0.15) is 0 Å². The highest BCUT2D eigenvalue weighted by Gasteiger charge is 2.15. The molecule has 0 spiro atoms. The highest BCUT2D eigenvalue weighted by Crippen LogP contribution is 2.27. The quantitative estimate of drug-likeness (QED) is 0.413. The largest absolute Gasteiger partial charge is 0.0815 e. The monoisotopic (exact) mass is 392 g/mol. The molecule has 0 aromatic heterocycles. The number of alkyl halides is 2. The smallest absolute Gasteiger partial charge is 0.0227 e.